The summed E-state index contributed by atoms with van der Waals surface area (Å²) < 4.78 is 32.2. The minimum atomic E-state index is -2.89. The highest BCUT2D eigenvalue weighted by molar-refractivity contribution is 5.32. The molecule has 28 heavy (non-hydrogen) atoms. The monoisotopic (exact) mass is 396 g/mol. The molecule has 0 bridgehead atoms. The smallest absolute Gasteiger partial charge is 0.299 e. The van der Waals surface area contributed by atoms with E-state index in [9.17, 15) is 8.78 Å². The first-order valence-corrected chi connectivity index (χ1v) is 9.93. The van der Waals surface area contributed by atoms with Gasteiger partial charge >= 0.3 is 0 Å². The van der Waals surface area contributed by atoms with E-state index in [1.807, 2.05) is 6.07 Å². The predicted octanol–water partition coefficient (Wildman–Crippen LogP) is 6.90. The Hall–Kier alpha value is -2.17. The highest BCUT2D eigenvalue weighted by atomic mass is 19.3. The van der Waals surface area contributed by atoms with Gasteiger partial charge in [-0.15, -0.1) is 0 Å². The molecule has 0 heterocycles. The van der Waals surface area contributed by atoms with Gasteiger partial charge in [-0.25, -0.2) is 0 Å². The number of rotatable bonds is 8. The van der Waals surface area contributed by atoms with E-state index in [0.717, 1.165) is 31.8 Å². The zero-order valence-corrected chi connectivity index (χ0v) is 17.0. The lowest BCUT2D eigenvalue weighted by Crippen LogP contribution is -2.23. The molecule has 0 aromatic heterocycles. The van der Waals surface area contributed by atoms with Crippen LogP contribution in [0.2, 0.25) is 0 Å². The molecule has 1 aliphatic rings. The number of para-hydroxylation sites is 1. The molecule has 1 fully saturated rings. The number of unbranched alkanes of at least 4 members (excludes halogenated alkanes) is 2. The van der Waals surface area contributed by atoms with Crippen LogP contribution in [0.4, 0.5) is 8.78 Å². The van der Waals surface area contributed by atoms with Gasteiger partial charge in [0.25, 0.3) is 12.4 Å². The molecule has 2 rings (SSSR count). The van der Waals surface area contributed by atoms with Crippen molar-refractivity contribution in [2.75, 3.05) is 6.61 Å². The van der Waals surface area contributed by atoms with Crippen LogP contribution >= 0.6 is 0 Å². The van der Waals surface area contributed by atoms with Crippen LogP contribution < -0.4 is 4.74 Å². The molecular formula is C23H34F2O3. The summed E-state index contributed by atoms with van der Waals surface area (Å²) in [5.41, 5.74) is 0. The van der Waals surface area contributed by atoms with E-state index in [-0.39, 0.29) is 6.47 Å². The summed E-state index contributed by atoms with van der Waals surface area (Å²) in [6, 6.07) is 8.71. The Balaban J connectivity index is 0.000000612. The highest BCUT2D eigenvalue weighted by Gasteiger charge is 2.27. The Morgan fingerprint density at radius 1 is 1.21 bits per heavy atom. The summed E-state index contributed by atoms with van der Waals surface area (Å²) in [4.78, 5) is 8.36. The summed E-state index contributed by atoms with van der Waals surface area (Å²) in [6.07, 6.45) is 15.3. The van der Waals surface area contributed by atoms with Gasteiger partial charge in [-0.1, -0.05) is 69.0 Å². The summed E-state index contributed by atoms with van der Waals surface area (Å²) in [5.74, 6) is -2.09. The fraction of sp³-hybridized carbons (Fsp3) is 0.522. The Bertz CT molecular complexity index is 536. The topological polar surface area (TPSA) is 46.5 Å². The standard InChI is InChI=1S/C15H18F2O.C7H14.CH2O2/c16-15(17,11-10-13-6-4-5-7-13)12-18-14-8-2-1-3-9-14;1-3-5-7-6-4-2;2-1-3/h1-3,8-11,13H,4-7,12H2;3,5H,4,6-7H2,1-2H3;1H,(H,2,3)/b11-10+;5-3-;. The van der Waals surface area contributed by atoms with Crippen molar-refractivity contribution in [3.05, 3.63) is 54.6 Å². The van der Waals surface area contributed by atoms with Gasteiger partial charge in [0.15, 0.2) is 6.61 Å². The van der Waals surface area contributed by atoms with Crippen molar-refractivity contribution < 1.29 is 23.4 Å². The second kappa shape index (κ2) is 17.0. The predicted molar refractivity (Wildman–Crippen MR) is 111 cm³/mol. The van der Waals surface area contributed by atoms with Crippen LogP contribution in [-0.2, 0) is 4.79 Å². The van der Waals surface area contributed by atoms with E-state index in [1.165, 1.54) is 19.3 Å². The highest BCUT2D eigenvalue weighted by Crippen LogP contribution is 2.27. The van der Waals surface area contributed by atoms with Crippen LogP contribution in [0.5, 0.6) is 5.75 Å². The average Bonchev–Trinajstić information content (AvgIpc) is 3.21. The van der Waals surface area contributed by atoms with Crippen LogP contribution in [0.15, 0.2) is 54.6 Å². The third kappa shape index (κ3) is 14.9. The number of hydrogen-bond acceptors (Lipinski definition) is 2. The molecule has 0 amide bonds. The van der Waals surface area contributed by atoms with Crippen molar-refractivity contribution in [2.24, 2.45) is 5.92 Å². The Labute approximate surface area is 168 Å². The molecule has 1 saturated carbocycles. The van der Waals surface area contributed by atoms with E-state index < -0.39 is 12.5 Å². The van der Waals surface area contributed by atoms with Gasteiger partial charge in [0, 0.05) is 0 Å². The van der Waals surface area contributed by atoms with E-state index >= 15 is 0 Å². The summed E-state index contributed by atoms with van der Waals surface area (Å²) in [6.45, 7) is 3.43. The molecular weight excluding hydrogens is 362 g/mol. The zero-order valence-electron chi connectivity index (χ0n) is 17.0. The number of ether oxygens (including phenoxy) is 1. The summed E-state index contributed by atoms with van der Waals surface area (Å²) in [5, 5.41) is 6.89. The fourth-order valence-corrected chi connectivity index (χ4v) is 2.66. The van der Waals surface area contributed by atoms with Crippen LogP contribution in [0.25, 0.3) is 0 Å². The minimum Gasteiger partial charge on any atom is -0.487 e. The first kappa shape index (κ1) is 25.8. The summed E-state index contributed by atoms with van der Waals surface area (Å²) >= 11 is 0. The van der Waals surface area contributed by atoms with Crippen molar-refractivity contribution in [3.63, 3.8) is 0 Å². The van der Waals surface area contributed by atoms with Gasteiger partial charge in [-0.05, 0) is 50.3 Å². The molecule has 1 aromatic carbocycles. The maximum atomic E-state index is 13.6. The Morgan fingerprint density at radius 3 is 2.36 bits per heavy atom. The lowest BCUT2D eigenvalue weighted by molar-refractivity contribution is -0.122. The zero-order chi connectivity index (χ0) is 21.1. The molecule has 3 nitrogen and oxygen atoms in total. The van der Waals surface area contributed by atoms with E-state index in [1.54, 1.807) is 30.3 Å². The molecule has 0 unspecified atom stereocenters. The SMILES string of the molecule is C/C=C\CCCC.FC(F)(/C=C/C1CCCC1)COc1ccccc1.O=CO. The number of allylic oxidation sites excluding steroid dienone is 3. The van der Waals surface area contributed by atoms with Crippen LogP contribution in [-0.4, -0.2) is 24.1 Å². The van der Waals surface area contributed by atoms with Gasteiger partial charge in [-0.2, -0.15) is 8.78 Å². The molecule has 5 heteroatoms. The number of benzene rings is 1. The van der Waals surface area contributed by atoms with Gasteiger partial charge in [0.1, 0.15) is 5.75 Å². The Morgan fingerprint density at radius 2 is 1.82 bits per heavy atom. The maximum Gasteiger partial charge on any atom is 0.299 e. The van der Waals surface area contributed by atoms with Gasteiger partial charge < -0.3 is 9.84 Å². The van der Waals surface area contributed by atoms with Crippen LogP contribution in [0, 0.1) is 5.92 Å². The second-order valence-corrected chi connectivity index (χ2v) is 6.58. The normalized spacial score (nSPS) is 14.3. The van der Waals surface area contributed by atoms with E-state index in [4.69, 9.17) is 14.6 Å². The lowest BCUT2D eigenvalue weighted by Gasteiger charge is -2.14. The quantitative estimate of drug-likeness (QED) is 0.295. The molecule has 1 aromatic rings. The van der Waals surface area contributed by atoms with Gasteiger partial charge in [0.05, 0.1) is 0 Å². The van der Waals surface area contributed by atoms with Gasteiger partial charge in [0.2, 0.25) is 0 Å². The van der Waals surface area contributed by atoms with Crippen molar-refractivity contribution >= 4 is 6.47 Å². The molecule has 0 spiro atoms. The average molecular weight is 397 g/mol. The summed E-state index contributed by atoms with van der Waals surface area (Å²) in [7, 11) is 0. The van der Waals surface area contributed by atoms with Crippen molar-refractivity contribution in [2.45, 2.75) is 64.7 Å². The van der Waals surface area contributed by atoms with Crippen molar-refractivity contribution in [1.29, 1.82) is 0 Å². The second-order valence-electron chi connectivity index (χ2n) is 6.58. The third-order valence-electron chi connectivity index (χ3n) is 4.15. The molecule has 1 aliphatic carbocycles. The number of hydrogen-bond donors (Lipinski definition) is 1. The number of alkyl halides is 2. The maximum absolute atomic E-state index is 13.6. The van der Waals surface area contributed by atoms with Crippen molar-refractivity contribution in [1.82, 2.24) is 0 Å². The Kier molecular flexibility index (Phi) is 15.6. The molecule has 0 radical (unpaired) electrons. The minimum absolute atomic E-state index is 0.250. The van der Waals surface area contributed by atoms with Crippen molar-refractivity contribution in [3.8, 4) is 5.75 Å². The number of carboxylic acid groups (broad SMARTS) is 1. The van der Waals surface area contributed by atoms with Gasteiger partial charge in [-0.3, -0.25) is 4.79 Å². The van der Waals surface area contributed by atoms with Crippen LogP contribution in [0.1, 0.15) is 58.8 Å². The molecule has 0 saturated heterocycles. The molecule has 0 aliphatic heterocycles. The lowest BCUT2D eigenvalue weighted by atomic mass is 10.1. The van der Waals surface area contributed by atoms with E-state index in [2.05, 4.69) is 26.0 Å². The molecule has 1 N–H and O–H groups in total. The van der Waals surface area contributed by atoms with E-state index in [0.29, 0.717) is 11.7 Å². The third-order valence-corrected chi connectivity index (χ3v) is 4.15. The first-order chi connectivity index (χ1) is 13.5. The molecule has 0 atom stereocenters. The van der Waals surface area contributed by atoms with Crippen LogP contribution in [0.3, 0.4) is 0 Å². The fourth-order valence-electron chi connectivity index (χ4n) is 2.66. The number of carbonyl (C=O) groups is 1. The largest absolute Gasteiger partial charge is 0.487 e. The number of halogens is 2. The first-order valence-electron chi connectivity index (χ1n) is 9.93. The molecule has 158 valence electrons.